The van der Waals surface area contributed by atoms with Crippen molar-refractivity contribution in [2.24, 2.45) is 52.3 Å². The van der Waals surface area contributed by atoms with Crippen molar-refractivity contribution >= 4 is 0 Å². The molecule has 3 saturated carbocycles. The summed E-state index contributed by atoms with van der Waals surface area (Å²) in [6.45, 7) is 15.2. The Morgan fingerprint density at radius 2 is 1.76 bits per heavy atom. The molecule has 0 bridgehead atoms. The summed E-state index contributed by atoms with van der Waals surface area (Å²) in [5, 5.41) is 0. The summed E-state index contributed by atoms with van der Waals surface area (Å²) in [6.07, 6.45) is 20.4. The van der Waals surface area contributed by atoms with Crippen LogP contribution in [0.1, 0.15) is 119 Å². The number of rotatable bonds is 6. The lowest BCUT2D eigenvalue weighted by Gasteiger charge is -2.58. The molecule has 29 heavy (non-hydrogen) atoms. The van der Waals surface area contributed by atoms with Gasteiger partial charge in [0.2, 0.25) is 0 Å². The molecule has 0 heteroatoms. The van der Waals surface area contributed by atoms with Gasteiger partial charge in [-0.05, 0) is 104 Å². The summed E-state index contributed by atoms with van der Waals surface area (Å²) in [7, 11) is 0. The van der Waals surface area contributed by atoms with Crippen LogP contribution in [0, 0.1) is 52.3 Å². The summed E-state index contributed by atoms with van der Waals surface area (Å²) >= 11 is 0. The van der Waals surface area contributed by atoms with E-state index in [0.717, 1.165) is 41.4 Å². The molecule has 4 unspecified atom stereocenters. The van der Waals surface area contributed by atoms with E-state index in [0.29, 0.717) is 10.8 Å². The predicted molar refractivity (Wildman–Crippen MR) is 127 cm³/mol. The van der Waals surface area contributed by atoms with E-state index in [1.165, 1.54) is 77.0 Å². The van der Waals surface area contributed by atoms with Crippen molar-refractivity contribution < 1.29 is 0 Å². The summed E-state index contributed by atoms with van der Waals surface area (Å²) in [5.74, 6) is 6.78. The Hall–Kier alpha value is -0.260. The monoisotopic (exact) mass is 398 g/mol. The molecule has 0 aromatic carbocycles. The molecule has 166 valence electrons. The van der Waals surface area contributed by atoms with Gasteiger partial charge in [0.05, 0.1) is 0 Å². The molecule has 0 heterocycles. The van der Waals surface area contributed by atoms with Crippen LogP contribution in [0.4, 0.5) is 0 Å². The molecule has 8 atom stereocenters. The van der Waals surface area contributed by atoms with Crippen LogP contribution < -0.4 is 0 Å². The van der Waals surface area contributed by atoms with Gasteiger partial charge in [0.25, 0.3) is 0 Å². The molecular formula is C29H50. The zero-order valence-corrected chi connectivity index (χ0v) is 20.6. The predicted octanol–water partition coefficient (Wildman–Crippen LogP) is 9.05. The molecule has 0 saturated heterocycles. The minimum atomic E-state index is 0.552. The van der Waals surface area contributed by atoms with Gasteiger partial charge in [0.15, 0.2) is 0 Å². The number of fused-ring (bicyclic) bond motifs is 5. The van der Waals surface area contributed by atoms with Gasteiger partial charge < -0.3 is 0 Å². The maximum Gasteiger partial charge on any atom is -0.00851 e. The molecule has 0 radical (unpaired) electrons. The zero-order chi connectivity index (χ0) is 20.8. The first-order valence-corrected chi connectivity index (χ1v) is 13.5. The summed E-state index contributed by atoms with van der Waals surface area (Å²) in [4.78, 5) is 0. The first-order valence-electron chi connectivity index (χ1n) is 13.5. The molecule has 0 aromatic rings. The Labute approximate surface area is 182 Å². The van der Waals surface area contributed by atoms with Crippen LogP contribution in [0.2, 0.25) is 0 Å². The van der Waals surface area contributed by atoms with Gasteiger partial charge in [-0.2, -0.15) is 0 Å². The minimum Gasteiger partial charge on any atom is -0.0845 e. The topological polar surface area (TPSA) is 0 Å². The average molecular weight is 399 g/mol. The van der Waals surface area contributed by atoms with Crippen LogP contribution in [0.15, 0.2) is 11.6 Å². The first kappa shape index (κ1) is 22.0. The lowest BCUT2D eigenvalue weighted by molar-refractivity contribution is -0.0528. The van der Waals surface area contributed by atoms with Crippen molar-refractivity contribution in [3.05, 3.63) is 11.6 Å². The Bertz CT molecular complexity index is 599. The highest BCUT2D eigenvalue weighted by atomic mass is 14.6. The summed E-state index contributed by atoms with van der Waals surface area (Å²) in [6, 6.07) is 0. The lowest BCUT2D eigenvalue weighted by Crippen LogP contribution is -2.50. The largest absolute Gasteiger partial charge is 0.0845 e. The molecule has 4 rings (SSSR count). The molecular weight excluding hydrogens is 348 g/mol. The van der Waals surface area contributed by atoms with Crippen LogP contribution in [0.3, 0.4) is 0 Å². The normalized spacial score (nSPS) is 45.3. The van der Waals surface area contributed by atoms with Gasteiger partial charge in [0.1, 0.15) is 0 Å². The highest BCUT2D eigenvalue weighted by Crippen LogP contribution is 2.67. The van der Waals surface area contributed by atoms with Gasteiger partial charge in [-0.1, -0.05) is 78.9 Å². The second kappa shape index (κ2) is 8.35. The van der Waals surface area contributed by atoms with Crippen molar-refractivity contribution in [2.75, 3.05) is 0 Å². The van der Waals surface area contributed by atoms with Crippen LogP contribution in [-0.4, -0.2) is 0 Å². The van der Waals surface area contributed by atoms with Gasteiger partial charge in [-0.3, -0.25) is 0 Å². The Morgan fingerprint density at radius 1 is 0.966 bits per heavy atom. The first-order chi connectivity index (χ1) is 13.8. The Balaban J connectivity index is 1.48. The zero-order valence-electron chi connectivity index (χ0n) is 20.6. The maximum absolute atomic E-state index is 2.77. The van der Waals surface area contributed by atoms with Crippen molar-refractivity contribution in [3.8, 4) is 0 Å². The minimum absolute atomic E-state index is 0.552. The van der Waals surface area contributed by atoms with Crippen LogP contribution in [0.25, 0.3) is 0 Å². The third-order valence-corrected chi connectivity index (χ3v) is 11.0. The molecule has 3 fully saturated rings. The smallest absolute Gasteiger partial charge is 0.00851 e. The van der Waals surface area contributed by atoms with E-state index in [9.17, 15) is 0 Å². The van der Waals surface area contributed by atoms with Gasteiger partial charge >= 0.3 is 0 Å². The van der Waals surface area contributed by atoms with Gasteiger partial charge in [0, 0.05) is 0 Å². The maximum atomic E-state index is 2.77. The fourth-order valence-corrected chi connectivity index (χ4v) is 9.11. The van der Waals surface area contributed by atoms with Gasteiger partial charge in [-0.15, -0.1) is 0 Å². The lowest BCUT2D eigenvalue weighted by atomic mass is 9.46. The second-order valence-corrected chi connectivity index (χ2v) is 12.8. The third kappa shape index (κ3) is 3.78. The van der Waals surface area contributed by atoms with E-state index in [1.807, 2.05) is 5.57 Å². The number of hydrogen-bond donors (Lipinski definition) is 0. The van der Waals surface area contributed by atoms with Crippen molar-refractivity contribution in [1.29, 1.82) is 0 Å². The number of allylic oxidation sites excluding steroid dienone is 2. The van der Waals surface area contributed by atoms with E-state index in [2.05, 4.69) is 47.6 Å². The Morgan fingerprint density at radius 3 is 2.48 bits per heavy atom. The van der Waals surface area contributed by atoms with E-state index < -0.39 is 0 Å². The van der Waals surface area contributed by atoms with E-state index in [1.54, 1.807) is 0 Å². The summed E-state index contributed by atoms with van der Waals surface area (Å²) < 4.78 is 0. The quantitative estimate of drug-likeness (QED) is 0.391. The second-order valence-electron chi connectivity index (χ2n) is 12.8. The van der Waals surface area contributed by atoms with Gasteiger partial charge in [-0.25, -0.2) is 0 Å². The standard InChI is InChI=1S/C29H50/c1-7-22-15-17-28(5)23(19-22)11-12-24-26-14-13-25(21(4)10-8-9-20(2)3)29(26,6)18-16-27(24)28/h11,20-22,24-27H,7-10,12-19H2,1-6H3/t21-,22?,24?,25-,26?,27?,28+,29-/m1/s1. The molecule has 4 aliphatic carbocycles. The van der Waals surface area contributed by atoms with Crippen molar-refractivity contribution in [1.82, 2.24) is 0 Å². The SMILES string of the molecule is CCC1CC[C@@]2(C)C(=CCC3C2CC[C@@]2(C)C3CC[C@@H]2[C@H](C)CCCC(C)C)C1. The van der Waals surface area contributed by atoms with E-state index in [4.69, 9.17) is 0 Å². The molecule has 0 nitrogen and oxygen atoms in total. The van der Waals surface area contributed by atoms with E-state index in [-0.39, 0.29) is 0 Å². The van der Waals surface area contributed by atoms with Crippen LogP contribution >= 0.6 is 0 Å². The Kier molecular flexibility index (Phi) is 6.32. The summed E-state index contributed by atoms with van der Waals surface area (Å²) in [5.41, 5.74) is 3.08. The van der Waals surface area contributed by atoms with Crippen LogP contribution in [-0.2, 0) is 0 Å². The average Bonchev–Trinajstić information content (AvgIpc) is 3.04. The molecule has 4 aliphatic rings. The number of hydrogen-bond acceptors (Lipinski definition) is 0. The van der Waals surface area contributed by atoms with E-state index >= 15 is 0 Å². The molecule has 0 spiro atoms. The highest BCUT2D eigenvalue weighted by Gasteiger charge is 2.58. The van der Waals surface area contributed by atoms with Crippen molar-refractivity contribution in [3.63, 3.8) is 0 Å². The molecule has 0 aromatic heterocycles. The van der Waals surface area contributed by atoms with Crippen molar-refractivity contribution in [2.45, 2.75) is 119 Å². The molecule has 0 N–H and O–H groups in total. The third-order valence-electron chi connectivity index (χ3n) is 11.0. The fourth-order valence-electron chi connectivity index (χ4n) is 9.11. The fraction of sp³-hybridized carbons (Fsp3) is 0.931. The molecule has 0 amide bonds. The van der Waals surface area contributed by atoms with Crippen LogP contribution in [0.5, 0.6) is 0 Å². The highest BCUT2D eigenvalue weighted by molar-refractivity contribution is 5.25. The molecule has 0 aliphatic heterocycles.